The smallest absolute Gasteiger partial charge is 0.481 e. The molecule has 2 atom stereocenters. The summed E-state index contributed by atoms with van der Waals surface area (Å²) in [6, 6.07) is 0. The van der Waals surface area contributed by atoms with E-state index in [1.807, 2.05) is 0 Å². The first-order chi connectivity index (χ1) is 8.52. The van der Waals surface area contributed by atoms with Gasteiger partial charge in [-0.05, 0) is 19.1 Å². The van der Waals surface area contributed by atoms with Gasteiger partial charge in [0.05, 0.1) is 5.92 Å². The molecule has 20 heavy (non-hydrogen) atoms. The second kappa shape index (κ2) is 12.0. The van der Waals surface area contributed by atoms with Crippen LogP contribution in [0, 0.1) is 12.8 Å². The number of hydrogen-bond donors (Lipinski definition) is 2. The van der Waals surface area contributed by atoms with Crippen LogP contribution in [0.3, 0.4) is 0 Å². The van der Waals surface area contributed by atoms with E-state index in [-0.39, 0.29) is 25.5 Å². The van der Waals surface area contributed by atoms with Gasteiger partial charge in [-0.15, -0.1) is 0 Å². The van der Waals surface area contributed by atoms with Gasteiger partial charge in [0, 0.05) is 6.08 Å². The number of carboxylic acid groups (broad SMARTS) is 1. The van der Waals surface area contributed by atoms with Crippen LogP contribution in [0.5, 0.6) is 0 Å². The van der Waals surface area contributed by atoms with Crippen molar-refractivity contribution in [2.45, 2.75) is 26.0 Å². The molecule has 0 aromatic carbocycles. The number of aliphatic carboxylic acids is 1. The SMILES string of the molecule is CC=CC(=O)OCC(C)C(=O)O.[CH2-]C(C)S(=O)(=O)O.[Li+]. The fourth-order valence-electron chi connectivity index (χ4n) is 0.463. The topological polar surface area (TPSA) is 118 Å². The molecule has 7 nitrogen and oxygen atoms in total. The minimum atomic E-state index is -3.85. The molecule has 0 heterocycles. The van der Waals surface area contributed by atoms with Crippen LogP contribution in [-0.4, -0.2) is 41.9 Å². The van der Waals surface area contributed by atoms with Gasteiger partial charge in [-0.1, -0.05) is 13.0 Å². The molecular weight excluding hydrogens is 283 g/mol. The number of carbonyl (C=O) groups is 2. The van der Waals surface area contributed by atoms with Crippen molar-refractivity contribution in [2.24, 2.45) is 5.92 Å². The first-order valence-corrected chi connectivity index (χ1v) is 6.84. The average Bonchev–Trinajstić information content (AvgIpc) is 2.25. The van der Waals surface area contributed by atoms with E-state index in [0.29, 0.717) is 0 Å². The predicted molar refractivity (Wildman–Crippen MR) is 68.9 cm³/mol. The molecule has 9 heteroatoms. The third-order valence-electron chi connectivity index (χ3n) is 1.71. The molecule has 2 N–H and O–H groups in total. The van der Waals surface area contributed by atoms with Crippen molar-refractivity contribution < 1.29 is 51.3 Å². The molecule has 0 saturated carbocycles. The molecule has 0 aromatic rings. The molecule has 0 bridgehead atoms. The van der Waals surface area contributed by atoms with Crippen LogP contribution in [0.4, 0.5) is 0 Å². The van der Waals surface area contributed by atoms with E-state index >= 15 is 0 Å². The zero-order valence-corrected chi connectivity index (χ0v) is 12.9. The Morgan fingerprint density at radius 3 is 2.00 bits per heavy atom. The molecule has 0 saturated heterocycles. The molecule has 0 radical (unpaired) electrons. The second-order valence-electron chi connectivity index (χ2n) is 3.69. The van der Waals surface area contributed by atoms with Gasteiger partial charge in [-0.25, -0.2) is 13.2 Å². The maximum atomic E-state index is 10.7. The number of esters is 1. The number of carbonyl (C=O) groups excluding carboxylic acids is 1. The number of carboxylic acids is 1. The van der Waals surface area contributed by atoms with E-state index in [4.69, 9.17) is 9.66 Å². The second-order valence-corrected chi connectivity index (χ2v) is 5.53. The van der Waals surface area contributed by atoms with Crippen LogP contribution in [-0.2, 0) is 24.4 Å². The number of rotatable bonds is 5. The quantitative estimate of drug-likeness (QED) is 0.197. The first-order valence-electron chi connectivity index (χ1n) is 5.34. The zero-order chi connectivity index (χ0) is 15.6. The zero-order valence-electron chi connectivity index (χ0n) is 12.1. The number of allylic oxidation sites excluding steroid dienone is 1. The van der Waals surface area contributed by atoms with Crippen molar-refractivity contribution in [3.05, 3.63) is 19.1 Å². The molecule has 0 rings (SSSR count). The van der Waals surface area contributed by atoms with E-state index in [0.717, 1.165) is 0 Å². The molecule has 0 aliphatic heterocycles. The van der Waals surface area contributed by atoms with Crippen LogP contribution in [0.1, 0.15) is 20.8 Å². The summed E-state index contributed by atoms with van der Waals surface area (Å²) in [7, 11) is -3.85. The van der Waals surface area contributed by atoms with Crippen molar-refractivity contribution in [3.8, 4) is 0 Å². The Morgan fingerprint density at radius 1 is 1.35 bits per heavy atom. The Kier molecular flexibility index (Phi) is 14.5. The van der Waals surface area contributed by atoms with Crippen molar-refractivity contribution in [3.63, 3.8) is 0 Å². The van der Waals surface area contributed by atoms with Gasteiger partial charge in [-0.3, -0.25) is 9.35 Å². The van der Waals surface area contributed by atoms with E-state index in [2.05, 4.69) is 11.7 Å². The molecule has 0 aliphatic rings. The van der Waals surface area contributed by atoms with Gasteiger partial charge in [0.25, 0.3) is 0 Å². The minimum absolute atomic E-state index is 0. The van der Waals surface area contributed by atoms with Crippen molar-refractivity contribution in [1.29, 1.82) is 0 Å². The molecule has 0 amide bonds. The maximum Gasteiger partial charge on any atom is 1.00 e. The predicted octanol–water partition coefficient (Wildman–Crippen LogP) is -2.07. The van der Waals surface area contributed by atoms with Crippen molar-refractivity contribution >= 4 is 22.1 Å². The summed E-state index contributed by atoms with van der Waals surface area (Å²) >= 11 is 0. The molecule has 0 aliphatic carbocycles. The van der Waals surface area contributed by atoms with Gasteiger partial charge in [-0.2, -0.15) is 0 Å². The standard InChI is InChI=1S/C8H12O4.C3H7O3S.Li/c1-3-4-7(9)12-5-6(2)8(10)11;1-3(2)7(4,5)6;/h3-4,6H,5H2,1-2H3,(H,10,11);3H,1H2,2H3,(H,4,5,6);/q;-1;+1. The molecule has 0 spiro atoms. The van der Waals surface area contributed by atoms with Crippen LogP contribution >= 0.6 is 0 Å². The van der Waals surface area contributed by atoms with Crippen molar-refractivity contribution in [2.75, 3.05) is 6.61 Å². The summed E-state index contributed by atoms with van der Waals surface area (Å²) in [5, 5.41) is 7.49. The third kappa shape index (κ3) is 15.2. The van der Waals surface area contributed by atoms with Gasteiger partial charge in [0.1, 0.15) is 6.61 Å². The summed E-state index contributed by atoms with van der Waals surface area (Å²) in [6.07, 6.45) is 2.78. The molecular formula is C11H19LiO7S. The monoisotopic (exact) mass is 302 g/mol. The van der Waals surface area contributed by atoms with Gasteiger partial charge in [0.15, 0.2) is 0 Å². The fourth-order valence-corrected chi connectivity index (χ4v) is 0.463. The number of ether oxygens (including phenoxy) is 1. The minimum Gasteiger partial charge on any atom is -0.481 e. The van der Waals surface area contributed by atoms with Crippen LogP contribution < -0.4 is 18.9 Å². The Morgan fingerprint density at radius 2 is 1.75 bits per heavy atom. The maximum absolute atomic E-state index is 10.7. The molecule has 112 valence electrons. The Hall–Kier alpha value is -0.813. The van der Waals surface area contributed by atoms with Crippen molar-refractivity contribution in [1.82, 2.24) is 0 Å². The van der Waals surface area contributed by atoms with Crippen LogP contribution in [0.2, 0.25) is 0 Å². The fraction of sp³-hybridized carbons (Fsp3) is 0.545. The first kappa shape index (κ1) is 24.2. The average molecular weight is 302 g/mol. The summed E-state index contributed by atoms with van der Waals surface area (Å²) < 4.78 is 32.3. The van der Waals surface area contributed by atoms with E-state index in [1.54, 1.807) is 6.92 Å². The van der Waals surface area contributed by atoms with E-state index < -0.39 is 33.2 Å². The molecule has 0 fully saturated rings. The van der Waals surface area contributed by atoms with Gasteiger partial charge >= 0.3 is 30.8 Å². The Bertz CT molecular complexity index is 414. The van der Waals surface area contributed by atoms with Gasteiger partial charge < -0.3 is 16.8 Å². The number of hydrogen-bond acceptors (Lipinski definition) is 5. The Labute approximate surface area is 131 Å². The molecule has 0 aromatic heterocycles. The summed E-state index contributed by atoms with van der Waals surface area (Å²) in [5.41, 5.74) is 0. The van der Waals surface area contributed by atoms with E-state index in [9.17, 15) is 18.0 Å². The molecule has 2 unspecified atom stereocenters. The van der Waals surface area contributed by atoms with Gasteiger partial charge in [0.2, 0.25) is 10.1 Å². The largest absolute Gasteiger partial charge is 1.00 e. The van der Waals surface area contributed by atoms with E-state index in [1.165, 1.54) is 26.0 Å². The normalized spacial score (nSPS) is 13.4. The Balaban J connectivity index is -0.000000312. The van der Waals surface area contributed by atoms with Crippen LogP contribution in [0.15, 0.2) is 12.2 Å². The summed E-state index contributed by atoms with van der Waals surface area (Å²) in [5.74, 6) is -2.13. The summed E-state index contributed by atoms with van der Waals surface area (Å²) in [4.78, 5) is 20.9. The third-order valence-corrected chi connectivity index (χ3v) is 2.73. The van der Waals surface area contributed by atoms with Crippen LogP contribution in [0.25, 0.3) is 0 Å². The summed E-state index contributed by atoms with van der Waals surface area (Å²) in [6.45, 7) is 7.45.